The Morgan fingerprint density at radius 3 is 2.83 bits per heavy atom. The Bertz CT molecular complexity index is 468. The van der Waals surface area contributed by atoms with Gasteiger partial charge in [-0.15, -0.1) is 0 Å². The molecule has 0 amide bonds. The van der Waals surface area contributed by atoms with Crippen molar-refractivity contribution < 1.29 is 9.66 Å². The second-order valence-electron chi connectivity index (χ2n) is 3.78. The lowest BCUT2D eigenvalue weighted by atomic mass is 10.1. The molecule has 6 nitrogen and oxygen atoms in total. The summed E-state index contributed by atoms with van der Waals surface area (Å²) in [6.45, 7) is 2.40. The first-order valence-corrected chi connectivity index (χ1v) is 5.57. The van der Waals surface area contributed by atoms with Gasteiger partial charge in [-0.1, -0.05) is 13.0 Å². The van der Waals surface area contributed by atoms with E-state index in [-0.39, 0.29) is 17.3 Å². The van der Waals surface area contributed by atoms with E-state index in [2.05, 4.69) is 5.32 Å². The molecule has 1 aromatic carbocycles. The quantitative estimate of drug-likeness (QED) is 0.617. The molecule has 1 rings (SSSR count). The maximum absolute atomic E-state index is 11.0. The van der Waals surface area contributed by atoms with Crippen molar-refractivity contribution in [3.8, 4) is 6.07 Å². The smallest absolute Gasteiger partial charge is 0.309 e. The van der Waals surface area contributed by atoms with Crippen molar-refractivity contribution in [3.63, 3.8) is 0 Å². The van der Waals surface area contributed by atoms with Gasteiger partial charge in [0.05, 0.1) is 11.5 Å². The van der Waals surface area contributed by atoms with E-state index < -0.39 is 4.92 Å². The van der Waals surface area contributed by atoms with E-state index in [0.717, 1.165) is 6.42 Å². The minimum atomic E-state index is -0.541. The molecule has 0 bridgehead atoms. The van der Waals surface area contributed by atoms with E-state index >= 15 is 0 Å². The highest BCUT2D eigenvalue weighted by molar-refractivity contribution is 5.68. The van der Waals surface area contributed by atoms with Crippen LogP contribution >= 0.6 is 0 Å². The summed E-state index contributed by atoms with van der Waals surface area (Å²) in [7, 11) is 1.57. The summed E-state index contributed by atoms with van der Waals surface area (Å²) in [5.41, 5.74) is 0.217. The average molecular weight is 249 g/mol. The summed E-state index contributed by atoms with van der Waals surface area (Å²) >= 11 is 0. The van der Waals surface area contributed by atoms with Crippen molar-refractivity contribution in [2.24, 2.45) is 0 Å². The highest BCUT2D eigenvalue weighted by atomic mass is 16.6. The van der Waals surface area contributed by atoms with Crippen LogP contribution in [0.2, 0.25) is 0 Å². The van der Waals surface area contributed by atoms with Crippen LogP contribution in [0.4, 0.5) is 11.4 Å². The normalized spacial score (nSPS) is 11.6. The van der Waals surface area contributed by atoms with Crippen molar-refractivity contribution in [2.45, 2.75) is 19.4 Å². The van der Waals surface area contributed by atoms with Crippen LogP contribution in [0.5, 0.6) is 0 Å². The molecule has 0 aliphatic rings. The van der Waals surface area contributed by atoms with Gasteiger partial charge in [0.2, 0.25) is 0 Å². The van der Waals surface area contributed by atoms with Crippen LogP contribution in [-0.2, 0) is 4.74 Å². The Morgan fingerprint density at radius 1 is 1.61 bits per heavy atom. The highest BCUT2D eigenvalue weighted by Gasteiger charge is 2.21. The first kappa shape index (κ1) is 13.9. The first-order valence-electron chi connectivity index (χ1n) is 5.57. The van der Waals surface area contributed by atoms with E-state index in [1.54, 1.807) is 19.2 Å². The first-order chi connectivity index (χ1) is 8.63. The molecule has 0 heterocycles. The number of nitriles is 1. The average Bonchev–Trinajstić information content (AvgIpc) is 2.37. The molecule has 0 spiro atoms. The number of ether oxygens (including phenoxy) is 1. The lowest BCUT2D eigenvalue weighted by Crippen LogP contribution is -2.24. The van der Waals surface area contributed by atoms with Gasteiger partial charge in [-0.3, -0.25) is 10.1 Å². The lowest BCUT2D eigenvalue weighted by molar-refractivity contribution is -0.384. The lowest BCUT2D eigenvalue weighted by Gasteiger charge is -2.17. The van der Waals surface area contributed by atoms with Gasteiger partial charge in [0.1, 0.15) is 17.3 Å². The molecule has 0 saturated carbocycles. The Balaban J connectivity index is 3.08. The van der Waals surface area contributed by atoms with Crippen molar-refractivity contribution in [1.29, 1.82) is 5.26 Å². The SMILES string of the molecule is CCC(COC)Nc1cccc(C#N)c1[N+](=O)[O-]. The van der Waals surface area contributed by atoms with Gasteiger partial charge in [0.15, 0.2) is 0 Å². The summed E-state index contributed by atoms with van der Waals surface area (Å²) in [6.07, 6.45) is 0.766. The van der Waals surface area contributed by atoms with E-state index in [0.29, 0.717) is 12.3 Å². The fourth-order valence-electron chi connectivity index (χ4n) is 1.63. The standard InChI is InChI=1S/C12H15N3O3/c1-3-10(8-18-2)14-11-6-4-5-9(7-13)12(11)15(16)17/h4-6,10,14H,3,8H2,1-2H3. The van der Waals surface area contributed by atoms with Crippen LogP contribution in [0.25, 0.3) is 0 Å². The van der Waals surface area contributed by atoms with Crippen molar-refractivity contribution in [1.82, 2.24) is 0 Å². The van der Waals surface area contributed by atoms with Gasteiger partial charge in [0.25, 0.3) is 0 Å². The number of nitrogens with one attached hydrogen (secondary N) is 1. The fraction of sp³-hybridized carbons (Fsp3) is 0.417. The molecule has 0 aliphatic heterocycles. The van der Waals surface area contributed by atoms with E-state index in [4.69, 9.17) is 10.00 Å². The van der Waals surface area contributed by atoms with Gasteiger partial charge >= 0.3 is 5.69 Å². The Kier molecular flexibility index (Phi) is 5.08. The summed E-state index contributed by atoms with van der Waals surface area (Å²) in [6, 6.07) is 6.45. The number of nitrogens with zero attached hydrogens (tertiary/aromatic N) is 2. The monoisotopic (exact) mass is 249 g/mol. The largest absolute Gasteiger partial charge is 0.383 e. The zero-order valence-corrected chi connectivity index (χ0v) is 10.3. The van der Waals surface area contributed by atoms with Crippen LogP contribution in [0, 0.1) is 21.4 Å². The van der Waals surface area contributed by atoms with Crippen molar-refractivity contribution in [2.75, 3.05) is 19.0 Å². The third kappa shape index (κ3) is 3.18. The number of methoxy groups -OCH3 is 1. The summed E-state index contributed by atoms with van der Waals surface area (Å²) in [5.74, 6) is 0. The third-order valence-corrected chi connectivity index (χ3v) is 2.56. The molecule has 0 radical (unpaired) electrons. The van der Waals surface area contributed by atoms with Gasteiger partial charge < -0.3 is 10.1 Å². The van der Waals surface area contributed by atoms with Crippen LogP contribution in [0.3, 0.4) is 0 Å². The molecule has 1 atom stereocenters. The zero-order valence-electron chi connectivity index (χ0n) is 10.3. The molecular formula is C12H15N3O3. The Labute approximate surface area is 105 Å². The molecule has 1 N–H and O–H groups in total. The zero-order chi connectivity index (χ0) is 13.5. The fourth-order valence-corrected chi connectivity index (χ4v) is 1.63. The predicted octanol–water partition coefficient (Wildman–Crippen LogP) is 2.30. The highest BCUT2D eigenvalue weighted by Crippen LogP contribution is 2.28. The van der Waals surface area contributed by atoms with Gasteiger partial charge in [0, 0.05) is 13.2 Å². The number of rotatable bonds is 6. The topological polar surface area (TPSA) is 88.2 Å². The second-order valence-corrected chi connectivity index (χ2v) is 3.78. The van der Waals surface area contributed by atoms with Crippen LogP contribution in [-0.4, -0.2) is 24.7 Å². The maximum Gasteiger partial charge on any atom is 0.309 e. The molecule has 0 aliphatic carbocycles. The Hall–Kier alpha value is -2.13. The van der Waals surface area contributed by atoms with Crippen LogP contribution in [0.15, 0.2) is 18.2 Å². The number of hydrogen-bond acceptors (Lipinski definition) is 5. The molecule has 6 heteroatoms. The molecule has 1 aromatic rings. The van der Waals surface area contributed by atoms with Crippen LogP contribution in [0.1, 0.15) is 18.9 Å². The third-order valence-electron chi connectivity index (χ3n) is 2.56. The van der Waals surface area contributed by atoms with Crippen molar-refractivity contribution >= 4 is 11.4 Å². The summed E-state index contributed by atoms with van der Waals surface area (Å²) < 4.78 is 5.03. The predicted molar refractivity (Wildman–Crippen MR) is 67.4 cm³/mol. The number of hydrogen-bond donors (Lipinski definition) is 1. The van der Waals surface area contributed by atoms with Gasteiger partial charge in [-0.2, -0.15) is 5.26 Å². The number of nitro benzene ring substituents is 1. The Morgan fingerprint density at radius 2 is 2.33 bits per heavy atom. The maximum atomic E-state index is 11.0. The van der Waals surface area contributed by atoms with E-state index in [1.807, 2.05) is 13.0 Å². The van der Waals surface area contributed by atoms with E-state index in [1.165, 1.54) is 6.07 Å². The number of anilines is 1. The van der Waals surface area contributed by atoms with Gasteiger partial charge in [-0.05, 0) is 18.6 Å². The van der Waals surface area contributed by atoms with Crippen LogP contribution < -0.4 is 5.32 Å². The number of benzene rings is 1. The summed E-state index contributed by atoms with van der Waals surface area (Å²) in [5, 5.41) is 22.9. The second kappa shape index (κ2) is 6.57. The molecule has 0 saturated heterocycles. The van der Waals surface area contributed by atoms with Crippen molar-refractivity contribution in [3.05, 3.63) is 33.9 Å². The molecule has 18 heavy (non-hydrogen) atoms. The molecular weight excluding hydrogens is 234 g/mol. The molecule has 96 valence electrons. The summed E-state index contributed by atoms with van der Waals surface area (Å²) in [4.78, 5) is 10.5. The molecule has 0 fully saturated rings. The minimum absolute atomic E-state index is 0.0253. The van der Waals surface area contributed by atoms with Gasteiger partial charge in [-0.25, -0.2) is 0 Å². The molecule has 0 aromatic heterocycles. The molecule has 1 unspecified atom stereocenters. The minimum Gasteiger partial charge on any atom is -0.383 e. The number of nitro groups is 1. The number of para-hydroxylation sites is 1. The van der Waals surface area contributed by atoms with E-state index in [9.17, 15) is 10.1 Å².